The predicted molar refractivity (Wildman–Crippen MR) is 116 cm³/mol. The van der Waals surface area contributed by atoms with Crippen molar-refractivity contribution in [2.45, 2.75) is 45.2 Å². The summed E-state index contributed by atoms with van der Waals surface area (Å²) in [5.74, 6) is 0.945. The standard InChI is InChI=1S/C24H31N3O3/c1-5-18-6-7-19(16-21(18)30-4)23(29)26-12-10-24(11-13-26)22-9-8-20(17(2)28)27(22)15-14-25(24)3/h6-9,16H,5,10-15H2,1-4H3. The molecule has 6 nitrogen and oxygen atoms in total. The molecule has 1 fully saturated rings. The van der Waals surface area contributed by atoms with Gasteiger partial charge in [-0.1, -0.05) is 13.0 Å². The SMILES string of the molecule is CCc1ccc(C(=O)N2CCC3(CC2)c2ccc(C(C)=O)n2CCN3C)cc1OC. The minimum Gasteiger partial charge on any atom is -0.496 e. The number of hydrogen-bond acceptors (Lipinski definition) is 4. The van der Waals surface area contributed by atoms with Crippen molar-refractivity contribution in [2.24, 2.45) is 0 Å². The summed E-state index contributed by atoms with van der Waals surface area (Å²) in [6.07, 6.45) is 2.60. The fraction of sp³-hybridized carbons (Fsp3) is 0.500. The van der Waals surface area contributed by atoms with Crippen LogP contribution in [0.2, 0.25) is 0 Å². The monoisotopic (exact) mass is 409 g/mol. The summed E-state index contributed by atoms with van der Waals surface area (Å²) in [6.45, 7) is 6.85. The number of carbonyl (C=O) groups excluding carboxylic acids is 2. The molecule has 6 heteroatoms. The average Bonchev–Trinajstić information content (AvgIpc) is 3.21. The van der Waals surface area contributed by atoms with Gasteiger partial charge in [0.1, 0.15) is 5.75 Å². The highest BCUT2D eigenvalue weighted by molar-refractivity contribution is 5.95. The highest BCUT2D eigenvalue weighted by atomic mass is 16.5. The van der Waals surface area contributed by atoms with Crippen molar-refractivity contribution in [1.29, 1.82) is 0 Å². The molecule has 0 radical (unpaired) electrons. The van der Waals surface area contributed by atoms with Crippen molar-refractivity contribution in [3.63, 3.8) is 0 Å². The van der Waals surface area contributed by atoms with E-state index in [1.807, 2.05) is 29.2 Å². The summed E-state index contributed by atoms with van der Waals surface area (Å²) in [6, 6.07) is 9.83. The smallest absolute Gasteiger partial charge is 0.253 e. The van der Waals surface area contributed by atoms with E-state index < -0.39 is 0 Å². The maximum absolute atomic E-state index is 13.2. The maximum atomic E-state index is 13.2. The molecule has 3 heterocycles. The number of methoxy groups -OCH3 is 1. The second kappa shape index (κ2) is 7.91. The number of Topliss-reactive ketones (excluding diaryl/α,β-unsaturated/α-hetero) is 1. The third-order valence-corrected chi connectivity index (χ3v) is 7.00. The molecule has 2 aliphatic heterocycles. The molecule has 0 N–H and O–H groups in total. The Morgan fingerprint density at radius 2 is 1.80 bits per heavy atom. The molecule has 30 heavy (non-hydrogen) atoms. The number of aryl methyl sites for hydroxylation is 1. The number of rotatable bonds is 4. The highest BCUT2D eigenvalue weighted by Crippen LogP contribution is 2.41. The Kier molecular flexibility index (Phi) is 5.45. The van der Waals surface area contributed by atoms with E-state index >= 15 is 0 Å². The number of hydrogen-bond donors (Lipinski definition) is 0. The number of piperidine rings is 1. The number of ether oxygens (including phenoxy) is 1. The highest BCUT2D eigenvalue weighted by Gasteiger charge is 2.45. The predicted octanol–water partition coefficient (Wildman–Crippen LogP) is 3.34. The van der Waals surface area contributed by atoms with Crippen LogP contribution in [-0.4, -0.2) is 59.8 Å². The van der Waals surface area contributed by atoms with Crippen LogP contribution in [0.3, 0.4) is 0 Å². The molecular weight excluding hydrogens is 378 g/mol. The van der Waals surface area contributed by atoms with Gasteiger partial charge in [0.15, 0.2) is 5.78 Å². The number of likely N-dealkylation sites (tertiary alicyclic amines) is 1. The van der Waals surface area contributed by atoms with E-state index in [-0.39, 0.29) is 17.2 Å². The topological polar surface area (TPSA) is 54.8 Å². The molecule has 160 valence electrons. The number of amides is 1. The van der Waals surface area contributed by atoms with E-state index in [1.165, 1.54) is 5.69 Å². The normalized spacial score (nSPS) is 18.3. The number of nitrogens with zero attached hydrogens (tertiary/aromatic N) is 3. The summed E-state index contributed by atoms with van der Waals surface area (Å²) in [7, 11) is 3.81. The second-order valence-corrected chi connectivity index (χ2v) is 8.44. The molecule has 0 unspecified atom stereocenters. The lowest BCUT2D eigenvalue weighted by atomic mass is 9.81. The van der Waals surface area contributed by atoms with Crippen LogP contribution in [0.4, 0.5) is 0 Å². The van der Waals surface area contributed by atoms with Gasteiger partial charge in [0.25, 0.3) is 5.91 Å². The van der Waals surface area contributed by atoms with Crippen LogP contribution in [0.15, 0.2) is 30.3 Å². The molecule has 1 spiro atoms. The first-order chi connectivity index (χ1) is 14.4. The van der Waals surface area contributed by atoms with Gasteiger partial charge in [-0.3, -0.25) is 14.5 Å². The van der Waals surface area contributed by atoms with E-state index in [1.54, 1.807) is 14.0 Å². The fourth-order valence-corrected chi connectivity index (χ4v) is 5.15. The van der Waals surface area contributed by atoms with Gasteiger partial charge in [0.2, 0.25) is 0 Å². The Hall–Kier alpha value is -2.60. The minimum atomic E-state index is -0.119. The Balaban J connectivity index is 1.55. The van der Waals surface area contributed by atoms with Gasteiger partial charge in [0, 0.05) is 44.4 Å². The number of ketones is 1. The molecular formula is C24H31N3O3. The quantitative estimate of drug-likeness (QED) is 0.727. The molecule has 1 aromatic carbocycles. The van der Waals surface area contributed by atoms with Crippen LogP contribution in [0, 0.1) is 0 Å². The molecule has 2 aromatic rings. The summed E-state index contributed by atoms with van der Waals surface area (Å²) in [4.78, 5) is 29.6. The number of likely N-dealkylation sites (N-methyl/N-ethyl adjacent to an activating group) is 1. The Bertz CT molecular complexity index is 970. The van der Waals surface area contributed by atoms with Gasteiger partial charge in [-0.05, 0) is 56.1 Å². The van der Waals surface area contributed by atoms with Gasteiger partial charge in [-0.25, -0.2) is 0 Å². The maximum Gasteiger partial charge on any atom is 0.253 e. The van der Waals surface area contributed by atoms with Gasteiger partial charge in [0.05, 0.1) is 18.3 Å². The third-order valence-electron chi connectivity index (χ3n) is 7.00. The van der Waals surface area contributed by atoms with Crippen molar-refractivity contribution < 1.29 is 14.3 Å². The Morgan fingerprint density at radius 1 is 1.07 bits per heavy atom. The lowest BCUT2D eigenvalue weighted by molar-refractivity contribution is 0.0128. The Morgan fingerprint density at radius 3 is 2.43 bits per heavy atom. The molecule has 4 rings (SSSR count). The van der Waals surface area contributed by atoms with Crippen molar-refractivity contribution in [3.8, 4) is 5.75 Å². The summed E-state index contributed by atoms with van der Waals surface area (Å²) in [5.41, 5.74) is 3.67. The number of carbonyl (C=O) groups is 2. The average molecular weight is 410 g/mol. The van der Waals surface area contributed by atoms with Crippen LogP contribution in [0.25, 0.3) is 0 Å². The molecule has 0 saturated carbocycles. The molecule has 2 aliphatic rings. The first kappa shape index (κ1) is 20.7. The fourth-order valence-electron chi connectivity index (χ4n) is 5.15. The van der Waals surface area contributed by atoms with Gasteiger partial charge in [-0.2, -0.15) is 0 Å². The van der Waals surface area contributed by atoms with Gasteiger partial charge >= 0.3 is 0 Å². The molecule has 0 bridgehead atoms. The van der Waals surface area contributed by atoms with Gasteiger partial charge in [-0.15, -0.1) is 0 Å². The van der Waals surface area contributed by atoms with E-state index in [9.17, 15) is 9.59 Å². The summed E-state index contributed by atoms with van der Waals surface area (Å²) >= 11 is 0. The van der Waals surface area contributed by atoms with Crippen molar-refractivity contribution in [3.05, 3.63) is 52.8 Å². The van der Waals surface area contributed by atoms with E-state index in [0.29, 0.717) is 18.7 Å². The first-order valence-electron chi connectivity index (χ1n) is 10.8. The molecule has 1 aromatic heterocycles. The van der Waals surface area contributed by atoms with Crippen LogP contribution >= 0.6 is 0 Å². The van der Waals surface area contributed by atoms with Crippen LogP contribution in [0.1, 0.15) is 58.8 Å². The third kappa shape index (κ3) is 3.23. The number of aromatic nitrogens is 1. The van der Waals surface area contributed by atoms with E-state index in [4.69, 9.17) is 4.74 Å². The minimum absolute atomic E-state index is 0.0593. The van der Waals surface area contributed by atoms with E-state index in [0.717, 1.165) is 49.4 Å². The molecule has 0 aliphatic carbocycles. The van der Waals surface area contributed by atoms with E-state index in [2.05, 4.69) is 29.5 Å². The molecule has 1 saturated heterocycles. The zero-order valence-electron chi connectivity index (χ0n) is 18.4. The molecule has 0 atom stereocenters. The first-order valence-corrected chi connectivity index (χ1v) is 10.8. The summed E-state index contributed by atoms with van der Waals surface area (Å²) in [5, 5.41) is 0. The van der Waals surface area contributed by atoms with Crippen molar-refractivity contribution in [1.82, 2.24) is 14.4 Å². The van der Waals surface area contributed by atoms with Crippen molar-refractivity contribution in [2.75, 3.05) is 33.8 Å². The van der Waals surface area contributed by atoms with Gasteiger partial charge < -0.3 is 14.2 Å². The van der Waals surface area contributed by atoms with Crippen LogP contribution in [0.5, 0.6) is 5.75 Å². The van der Waals surface area contributed by atoms with Crippen LogP contribution in [-0.2, 0) is 18.5 Å². The lowest BCUT2D eigenvalue weighted by Crippen LogP contribution is -2.56. The largest absolute Gasteiger partial charge is 0.496 e. The lowest BCUT2D eigenvalue weighted by Gasteiger charge is -2.50. The summed E-state index contributed by atoms with van der Waals surface area (Å²) < 4.78 is 7.66. The van der Waals surface area contributed by atoms with Crippen molar-refractivity contribution >= 4 is 11.7 Å². The second-order valence-electron chi connectivity index (χ2n) is 8.44. The number of benzene rings is 1. The molecule has 1 amide bonds. The number of fused-ring (bicyclic) bond motifs is 2. The Labute approximate surface area is 178 Å². The van der Waals surface area contributed by atoms with Crippen LogP contribution < -0.4 is 4.74 Å². The zero-order chi connectivity index (χ0) is 21.5. The zero-order valence-corrected chi connectivity index (χ0v) is 18.4.